The van der Waals surface area contributed by atoms with Gasteiger partial charge in [-0.25, -0.2) is 0 Å². The average molecular weight is 285 g/mol. The quantitative estimate of drug-likeness (QED) is 0.561. The van der Waals surface area contributed by atoms with Gasteiger partial charge in [0.1, 0.15) is 5.75 Å². The van der Waals surface area contributed by atoms with E-state index in [1.165, 1.54) is 0 Å². The first-order chi connectivity index (χ1) is 8.66. The molecule has 0 amide bonds. The monoisotopic (exact) mass is 285 g/mol. The topological polar surface area (TPSA) is 43.4 Å². The van der Waals surface area contributed by atoms with Crippen LogP contribution in [-0.2, 0) is 26.7 Å². The second-order valence-corrected chi connectivity index (χ2v) is 5.58. The Bertz CT molecular complexity index is 583. The van der Waals surface area contributed by atoms with Crippen molar-refractivity contribution in [2.24, 2.45) is 0 Å². The zero-order valence-corrected chi connectivity index (χ0v) is 13.6. The van der Waals surface area contributed by atoms with Crippen LogP contribution in [-0.4, -0.2) is 8.42 Å². The molecule has 2 aromatic carbocycles. The SMILES string of the molecule is O=S(=O)(Cc1ccccc1)OCc1ccccc1.[Na+]. The summed E-state index contributed by atoms with van der Waals surface area (Å²) in [7, 11) is -3.53. The fourth-order valence-corrected chi connectivity index (χ4v) is 2.55. The molecule has 2 rings (SSSR count). The van der Waals surface area contributed by atoms with Crippen molar-refractivity contribution in [1.29, 1.82) is 0 Å². The molecular weight excluding hydrogens is 271 g/mol. The minimum atomic E-state index is -3.53. The van der Waals surface area contributed by atoms with Crippen LogP contribution in [0.4, 0.5) is 0 Å². The number of benzene rings is 2. The standard InChI is InChI=1S/C14H14O3S.Na/c15-18(16,12-14-9-5-2-6-10-14)17-11-13-7-3-1-4-8-13;/h1-10H,11-12H2;/q;+1. The Morgan fingerprint density at radius 2 is 1.26 bits per heavy atom. The summed E-state index contributed by atoms with van der Waals surface area (Å²) in [5.74, 6) is -0.0966. The van der Waals surface area contributed by atoms with E-state index >= 15 is 0 Å². The average Bonchev–Trinajstić information content (AvgIpc) is 2.38. The van der Waals surface area contributed by atoms with Gasteiger partial charge < -0.3 is 0 Å². The molecule has 19 heavy (non-hydrogen) atoms. The molecule has 0 unspecified atom stereocenters. The Balaban J connectivity index is 0.00000180. The number of hydrogen-bond acceptors (Lipinski definition) is 3. The zero-order chi connectivity index (χ0) is 12.8. The van der Waals surface area contributed by atoms with Gasteiger partial charge in [0.2, 0.25) is 0 Å². The Morgan fingerprint density at radius 3 is 1.79 bits per heavy atom. The van der Waals surface area contributed by atoms with E-state index in [1.54, 1.807) is 12.1 Å². The molecule has 0 N–H and O–H groups in total. The van der Waals surface area contributed by atoms with Crippen LogP contribution in [0.5, 0.6) is 0 Å². The molecule has 5 heteroatoms. The van der Waals surface area contributed by atoms with Crippen LogP contribution in [0, 0.1) is 0 Å². The van der Waals surface area contributed by atoms with Crippen LogP contribution in [0.25, 0.3) is 0 Å². The molecule has 0 atom stereocenters. The number of rotatable bonds is 5. The normalized spacial score (nSPS) is 10.7. The molecule has 0 aliphatic heterocycles. The van der Waals surface area contributed by atoms with Crippen molar-refractivity contribution in [2.75, 3.05) is 0 Å². The third-order valence-electron chi connectivity index (χ3n) is 2.43. The molecule has 94 valence electrons. The fourth-order valence-electron chi connectivity index (χ4n) is 1.55. The van der Waals surface area contributed by atoms with Gasteiger partial charge in [0, 0.05) is 0 Å². The van der Waals surface area contributed by atoms with Crippen molar-refractivity contribution >= 4 is 10.1 Å². The van der Waals surface area contributed by atoms with Crippen LogP contribution in [0.15, 0.2) is 60.7 Å². The third kappa shape index (κ3) is 5.89. The first-order valence-electron chi connectivity index (χ1n) is 5.61. The van der Waals surface area contributed by atoms with Crippen molar-refractivity contribution in [2.45, 2.75) is 12.4 Å². The minimum absolute atomic E-state index is 0. The predicted molar refractivity (Wildman–Crippen MR) is 70.3 cm³/mol. The summed E-state index contributed by atoms with van der Waals surface area (Å²) in [4.78, 5) is 0. The van der Waals surface area contributed by atoms with Gasteiger partial charge >= 0.3 is 29.6 Å². The van der Waals surface area contributed by atoms with E-state index in [0.717, 1.165) is 11.1 Å². The van der Waals surface area contributed by atoms with Gasteiger partial charge in [-0.3, -0.25) is 4.18 Å². The third-order valence-corrected chi connectivity index (χ3v) is 3.60. The van der Waals surface area contributed by atoms with Crippen LogP contribution in [0.2, 0.25) is 0 Å². The van der Waals surface area contributed by atoms with Crippen molar-refractivity contribution in [3.63, 3.8) is 0 Å². The maximum absolute atomic E-state index is 11.8. The van der Waals surface area contributed by atoms with Gasteiger partial charge in [-0.15, -0.1) is 0 Å². The van der Waals surface area contributed by atoms with Gasteiger partial charge in [-0.2, -0.15) is 8.42 Å². The summed E-state index contributed by atoms with van der Waals surface area (Å²) in [6, 6.07) is 18.2. The summed E-state index contributed by atoms with van der Waals surface area (Å²) in [5.41, 5.74) is 1.57. The van der Waals surface area contributed by atoms with Crippen molar-refractivity contribution in [3.8, 4) is 0 Å². The largest absolute Gasteiger partial charge is 1.00 e. The first kappa shape index (κ1) is 16.4. The molecule has 0 saturated heterocycles. The van der Waals surface area contributed by atoms with Gasteiger partial charge in [-0.1, -0.05) is 60.7 Å². The van der Waals surface area contributed by atoms with Crippen LogP contribution >= 0.6 is 0 Å². The molecule has 0 aliphatic rings. The van der Waals surface area contributed by atoms with E-state index in [9.17, 15) is 8.42 Å². The molecule has 0 radical (unpaired) electrons. The summed E-state index contributed by atoms with van der Waals surface area (Å²) in [5, 5.41) is 0. The molecule has 0 heterocycles. The van der Waals surface area contributed by atoms with E-state index in [2.05, 4.69) is 0 Å². The Hall–Kier alpha value is -0.650. The van der Waals surface area contributed by atoms with Crippen LogP contribution < -0.4 is 29.6 Å². The molecule has 0 aromatic heterocycles. The van der Waals surface area contributed by atoms with Crippen molar-refractivity contribution in [3.05, 3.63) is 71.8 Å². The molecule has 3 nitrogen and oxygen atoms in total. The van der Waals surface area contributed by atoms with Crippen LogP contribution in [0.3, 0.4) is 0 Å². The summed E-state index contributed by atoms with van der Waals surface area (Å²) < 4.78 is 28.5. The molecule has 0 fully saturated rings. The second-order valence-electron chi connectivity index (χ2n) is 3.94. The predicted octanol–water partition coefficient (Wildman–Crippen LogP) is -0.263. The van der Waals surface area contributed by atoms with Gasteiger partial charge in [0.25, 0.3) is 10.1 Å². The number of hydrogen-bond donors (Lipinski definition) is 0. The van der Waals surface area contributed by atoms with Gasteiger partial charge in [0.05, 0.1) is 6.61 Å². The van der Waals surface area contributed by atoms with E-state index in [-0.39, 0.29) is 41.9 Å². The first-order valence-corrected chi connectivity index (χ1v) is 7.18. The summed E-state index contributed by atoms with van der Waals surface area (Å²) in [6.45, 7) is 0.0794. The second kappa shape index (κ2) is 7.82. The van der Waals surface area contributed by atoms with E-state index in [4.69, 9.17) is 4.18 Å². The molecule has 0 bridgehead atoms. The Labute approximate surface area is 136 Å². The van der Waals surface area contributed by atoms with E-state index < -0.39 is 10.1 Å². The molecular formula is C14H14NaO3S+. The van der Waals surface area contributed by atoms with E-state index in [0.29, 0.717) is 0 Å². The molecule has 0 saturated carbocycles. The summed E-state index contributed by atoms with van der Waals surface area (Å²) >= 11 is 0. The van der Waals surface area contributed by atoms with E-state index in [1.807, 2.05) is 48.5 Å². The maximum Gasteiger partial charge on any atom is 1.00 e. The van der Waals surface area contributed by atoms with Gasteiger partial charge in [-0.05, 0) is 11.1 Å². The van der Waals surface area contributed by atoms with Crippen LogP contribution in [0.1, 0.15) is 11.1 Å². The summed E-state index contributed by atoms with van der Waals surface area (Å²) in [6.07, 6.45) is 0. The smallest absolute Gasteiger partial charge is 0.265 e. The Morgan fingerprint density at radius 1 is 0.789 bits per heavy atom. The van der Waals surface area contributed by atoms with Crippen molar-refractivity contribution < 1.29 is 42.2 Å². The van der Waals surface area contributed by atoms with Gasteiger partial charge in [0.15, 0.2) is 0 Å². The maximum atomic E-state index is 11.8. The molecule has 0 aliphatic carbocycles. The Kier molecular flexibility index (Phi) is 6.75. The minimum Gasteiger partial charge on any atom is -0.265 e. The molecule has 2 aromatic rings. The van der Waals surface area contributed by atoms with Crippen molar-refractivity contribution in [1.82, 2.24) is 0 Å². The zero-order valence-electron chi connectivity index (χ0n) is 10.8. The fraction of sp³-hybridized carbons (Fsp3) is 0.143. The molecule has 0 spiro atoms.